The van der Waals surface area contributed by atoms with Crippen LogP contribution in [0.4, 0.5) is 4.79 Å². The number of carbonyl (C=O) groups excluding carboxylic acids is 3. The van der Waals surface area contributed by atoms with E-state index in [1.807, 2.05) is 0 Å². The molecule has 3 amide bonds. The third kappa shape index (κ3) is 6.48. The lowest BCUT2D eigenvalue weighted by Crippen LogP contribution is -2.76. The quantitative estimate of drug-likeness (QED) is 0.163. The number of aliphatic carboxylic acids is 1. The molecule has 3 rings (SSSR count). The van der Waals surface area contributed by atoms with Gasteiger partial charge in [0, 0.05) is 6.42 Å². The molecule has 18 heteroatoms. The summed E-state index contributed by atoms with van der Waals surface area (Å²) in [6.45, 7) is 2.14. The number of hydrogen-bond donors (Lipinski definition) is 3. The van der Waals surface area contributed by atoms with Crippen molar-refractivity contribution in [2.24, 2.45) is 0 Å². The van der Waals surface area contributed by atoms with Gasteiger partial charge < -0.3 is 20.6 Å². The Kier molecular flexibility index (Phi) is 9.56. The van der Waals surface area contributed by atoms with Gasteiger partial charge in [-0.15, -0.1) is 0 Å². The number of halogens is 6. The summed E-state index contributed by atoms with van der Waals surface area (Å²) in [5.41, 5.74) is -1.87. The van der Waals surface area contributed by atoms with Crippen LogP contribution in [0.3, 0.4) is 0 Å². The van der Waals surface area contributed by atoms with E-state index in [1.54, 1.807) is 18.2 Å². The SMILES string of the molecule is CC1(C)S(=O)[C@@H]2C(NC(=O)C(NC(=O)OOCC(Cl)(Cl)Cl)c3ccccc3)C(=O)N2C1(CC(Cl)(Cl)Cl)C(=O)O. The monoisotopic (exact) mass is 685 g/mol. The molecule has 0 bridgehead atoms. The van der Waals surface area contributed by atoms with Crippen LogP contribution < -0.4 is 10.6 Å². The van der Waals surface area contributed by atoms with Gasteiger partial charge in [0.25, 0.3) is 0 Å². The Morgan fingerprint density at radius 3 is 2.21 bits per heavy atom. The predicted molar refractivity (Wildman–Crippen MR) is 145 cm³/mol. The molecule has 0 aromatic heterocycles. The number of rotatable bonds is 8. The highest BCUT2D eigenvalue weighted by Gasteiger charge is 2.77. The first-order valence-electron chi connectivity index (χ1n) is 10.9. The summed E-state index contributed by atoms with van der Waals surface area (Å²) in [6, 6.07) is 5.02. The molecule has 216 valence electrons. The van der Waals surface area contributed by atoms with E-state index in [2.05, 4.69) is 20.4 Å². The molecule has 2 aliphatic heterocycles. The Labute approximate surface area is 255 Å². The maximum absolute atomic E-state index is 13.5. The fraction of sp³-hybridized carbons (Fsp3) is 0.524. The number of fused-ring (bicyclic) bond motifs is 1. The average Bonchev–Trinajstić information content (AvgIpc) is 2.95. The molecule has 0 saturated carbocycles. The number of β-lactam (4-membered cyclic amide) rings is 1. The van der Waals surface area contributed by atoms with Crippen LogP contribution >= 0.6 is 69.6 Å². The minimum absolute atomic E-state index is 0.279. The summed E-state index contributed by atoms with van der Waals surface area (Å²) < 4.78 is 7.92. The second-order valence-electron chi connectivity index (χ2n) is 9.09. The van der Waals surface area contributed by atoms with E-state index in [-0.39, 0.29) is 5.56 Å². The number of amides is 3. The van der Waals surface area contributed by atoms with Gasteiger partial charge in [0.2, 0.25) is 15.6 Å². The molecule has 0 spiro atoms. The number of benzene rings is 1. The third-order valence-electron chi connectivity index (χ3n) is 6.29. The minimum Gasteiger partial charge on any atom is -0.479 e. The maximum Gasteiger partial charge on any atom is 0.439 e. The highest BCUT2D eigenvalue weighted by atomic mass is 35.6. The number of hydrogen-bond acceptors (Lipinski definition) is 7. The van der Waals surface area contributed by atoms with Crippen molar-refractivity contribution in [3.8, 4) is 0 Å². The minimum atomic E-state index is -2.15. The van der Waals surface area contributed by atoms with Gasteiger partial charge in [-0.3, -0.25) is 18.7 Å². The fourth-order valence-corrected chi connectivity index (χ4v) is 7.29. The average molecular weight is 688 g/mol. The van der Waals surface area contributed by atoms with Gasteiger partial charge >= 0.3 is 12.1 Å². The molecular formula is C21H21Cl6N3O8S. The molecule has 0 aliphatic carbocycles. The van der Waals surface area contributed by atoms with Crippen molar-refractivity contribution in [2.45, 2.75) is 55.6 Å². The van der Waals surface area contributed by atoms with Crippen molar-refractivity contribution in [3.63, 3.8) is 0 Å². The number of carbonyl (C=O) groups is 4. The Morgan fingerprint density at radius 1 is 1.10 bits per heavy atom. The second-order valence-corrected chi connectivity index (χ2v) is 16.2. The Balaban J connectivity index is 1.85. The third-order valence-corrected chi connectivity index (χ3v) is 9.29. The normalized spacial score (nSPS) is 26.7. The summed E-state index contributed by atoms with van der Waals surface area (Å²) in [5.74, 6) is -3.28. The van der Waals surface area contributed by atoms with Gasteiger partial charge in [0.15, 0.2) is 9.33 Å². The molecule has 1 aromatic rings. The number of nitrogens with zero attached hydrogens (tertiary/aromatic N) is 1. The molecule has 1 aromatic carbocycles. The highest BCUT2D eigenvalue weighted by molar-refractivity contribution is 7.87. The molecule has 2 saturated heterocycles. The van der Waals surface area contributed by atoms with Gasteiger partial charge in [-0.1, -0.05) is 99.9 Å². The van der Waals surface area contributed by atoms with Crippen molar-refractivity contribution >= 4 is 104 Å². The summed E-state index contributed by atoms with van der Waals surface area (Å²) in [4.78, 5) is 61.2. The summed E-state index contributed by atoms with van der Waals surface area (Å²) in [6.07, 6.45) is -1.89. The van der Waals surface area contributed by atoms with Crippen molar-refractivity contribution in [2.75, 3.05) is 6.61 Å². The van der Waals surface area contributed by atoms with Crippen molar-refractivity contribution in [1.29, 1.82) is 0 Å². The topological polar surface area (TPSA) is 151 Å². The standard InChI is InChI=1S/C21H21Cl6N3O8S/c1-18(2)19(16(33)34,8-20(22,23)24)30-14(32)12(15(30)39(18)36)28-13(31)11(10-6-4-3-5-7-10)29-17(35)38-37-9-21(25,26)27/h3-7,11-12,15H,8-9H2,1-2H3,(H,28,31)(H,29,35)(H,33,34)/t11?,12?,15-,19?,39?/m1/s1. The molecule has 5 atom stereocenters. The molecular weight excluding hydrogens is 667 g/mol. The summed E-state index contributed by atoms with van der Waals surface area (Å²) >= 11 is 34.3. The van der Waals surface area contributed by atoms with Crippen LogP contribution in [0.15, 0.2) is 30.3 Å². The van der Waals surface area contributed by atoms with E-state index in [9.17, 15) is 28.5 Å². The van der Waals surface area contributed by atoms with Crippen molar-refractivity contribution in [1.82, 2.24) is 15.5 Å². The van der Waals surface area contributed by atoms with Gasteiger partial charge in [0.05, 0.1) is 15.5 Å². The number of nitrogens with one attached hydrogen (secondary N) is 2. The van der Waals surface area contributed by atoms with E-state index >= 15 is 0 Å². The summed E-state index contributed by atoms with van der Waals surface area (Å²) in [7, 11) is -2.03. The Bertz CT molecular complexity index is 1180. The van der Waals surface area contributed by atoms with Crippen LogP contribution in [0, 0.1) is 0 Å². The van der Waals surface area contributed by atoms with Crippen molar-refractivity contribution < 1.29 is 38.3 Å². The molecule has 2 heterocycles. The first-order valence-corrected chi connectivity index (χ1v) is 14.4. The zero-order valence-electron chi connectivity index (χ0n) is 20.0. The Morgan fingerprint density at radius 2 is 1.69 bits per heavy atom. The zero-order chi connectivity index (χ0) is 29.6. The molecule has 39 heavy (non-hydrogen) atoms. The van der Waals surface area contributed by atoms with Gasteiger partial charge in [-0.25, -0.2) is 9.59 Å². The van der Waals surface area contributed by atoms with E-state index < -0.39 is 83.0 Å². The number of carboxylic acid groups (broad SMARTS) is 1. The van der Waals surface area contributed by atoms with E-state index in [1.165, 1.54) is 26.0 Å². The first-order chi connectivity index (χ1) is 17.8. The molecule has 3 N–H and O–H groups in total. The smallest absolute Gasteiger partial charge is 0.439 e. The van der Waals surface area contributed by atoms with Crippen LogP contribution in [0.25, 0.3) is 0 Å². The lowest BCUT2D eigenvalue weighted by Gasteiger charge is -2.50. The van der Waals surface area contributed by atoms with Gasteiger partial charge in [-0.05, 0) is 19.4 Å². The largest absolute Gasteiger partial charge is 0.479 e. The van der Waals surface area contributed by atoms with E-state index in [0.29, 0.717) is 0 Å². The second kappa shape index (κ2) is 11.6. The maximum atomic E-state index is 13.5. The molecule has 2 aliphatic rings. The van der Waals surface area contributed by atoms with Crippen LogP contribution in [0.1, 0.15) is 31.9 Å². The number of alkyl halides is 6. The van der Waals surface area contributed by atoms with Crippen LogP contribution in [0.2, 0.25) is 0 Å². The number of carboxylic acids is 1. The lowest BCUT2D eigenvalue weighted by molar-refractivity contribution is -0.237. The molecule has 2 fully saturated rings. The predicted octanol–water partition coefficient (Wildman–Crippen LogP) is 3.53. The Hall–Kier alpha value is -1.25. The molecule has 0 radical (unpaired) electrons. The van der Waals surface area contributed by atoms with Crippen LogP contribution in [-0.2, 0) is 35.0 Å². The van der Waals surface area contributed by atoms with E-state index in [0.717, 1.165) is 4.90 Å². The fourth-order valence-electron chi connectivity index (χ4n) is 4.48. The molecule has 4 unspecified atom stereocenters. The van der Waals surface area contributed by atoms with Crippen molar-refractivity contribution in [3.05, 3.63) is 35.9 Å². The zero-order valence-corrected chi connectivity index (χ0v) is 25.3. The van der Waals surface area contributed by atoms with Crippen LogP contribution in [0.5, 0.6) is 0 Å². The van der Waals surface area contributed by atoms with Gasteiger partial charge in [-0.2, -0.15) is 4.89 Å². The summed E-state index contributed by atoms with van der Waals surface area (Å²) in [5, 5.41) is 13.6. The highest BCUT2D eigenvalue weighted by Crippen LogP contribution is 2.55. The van der Waals surface area contributed by atoms with Crippen LogP contribution in [-0.4, -0.2) is 74.0 Å². The first kappa shape index (κ1) is 32.3. The molecule has 11 nitrogen and oxygen atoms in total. The van der Waals surface area contributed by atoms with E-state index in [4.69, 9.17) is 69.6 Å². The lowest BCUT2D eigenvalue weighted by atomic mass is 9.78. The van der Waals surface area contributed by atoms with Gasteiger partial charge in [0.1, 0.15) is 24.1 Å².